The predicted octanol–water partition coefficient (Wildman–Crippen LogP) is 1.12. The number of aromatic nitrogens is 2. The molecule has 10 nitrogen and oxygen atoms in total. The van der Waals surface area contributed by atoms with E-state index >= 15 is 0 Å². The number of ether oxygens (including phenoxy) is 2. The van der Waals surface area contributed by atoms with Crippen LogP contribution in [0.2, 0.25) is 0 Å². The van der Waals surface area contributed by atoms with Crippen LogP contribution in [-0.4, -0.2) is 48.3 Å². The molecule has 1 amide bonds. The third kappa shape index (κ3) is 5.65. The molecule has 2 aromatic carbocycles. The van der Waals surface area contributed by atoms with Crippen LogP contribution in [0.1, 0.15) is 18.1 Å². The van der Waals surface area contributed by atoms with Crippen molar-refractivity contribution < 1.29 is 14.3 Å². The summed E-state index contributed by atoms with van der Waals surface area (Å²) in [6, 6.07) is 15.0. The summed E-state index contributed by atoms with van der Waals surface area (Å²) in [6.45, 7) is 3.76. The highest BCUT2D eigenvalue weighted by Crippen LogP contribution is 2.30. The maximum absolute atomic E-state index is 12.7. The van der Waals surface area contributed by atoms with Crippen molar-refractivity contribution in [2.24, 2.45) is 0 Å². The van der Waals surface area contributed by atoms with Gasteiger partial charge in [0.2, 0.25) is 5.91 Å². The van der Waals surface area contributed by atoms with Crippen LogP contribution in [0.15, 0.2) is 58.1 Å². The molecule has 0 unspecified atom stereocenters. The lowest BCUT2D eigenvalue weighted by molar-refractivity contribution is -0.119. The van der Waals surface area contributed by atoms with Gasteiger partial charge in [-0.2, -0.15) is 0 Å². The van der Waals surface area contributed by atoms with Gasteiger partial charge in [-0.05, 0) is 36.6 Å². The third-order valence-corrected chi connectivity index (χ3v) is 5.77. The van der Waals surface area contributed by atoms with Gasteiger partial charge in [-0.25, -0.2) is 4.79 Å². The van der Waals surface area contributed by atoms with Gasteiger partial charge in [0.05, 0.1) is 13.1 Å². The molecule has 4 rings (SSSR count). The van der Waals surface area contributed by atoms with Crippen LogP contribution in [0, 0.1) is 0 Å². The zero-order valence-corrected chi connectivity index (χ0v) is 19.6. The Morgan fingerprint density at radius 1 is 1.09 bits per heavy atom. The van der Waals surface area contributed by atoms with E-state index in [4.69, 9.17) is 15.2 Å². The largest absolute Gasteiger partial charge is 0.486 e. The molecule has 1 aliphatic heterocycles. The molecule has 1 aliphatic rings. The summed E-state index contributed by atoms with van der Waals surface area (Å²) in [5.41, 5.74) is 7.02. The lowest BCUT2D eigenvalue weighted by atomic mass is 10.1. The van der Waals surface area contributed by atoms with Gasteiger partial charge in [0.25, 0.3) is 5.56 Å². The first-order chi connectivity index (χ1) is 17.0. The number of aromatic amines is 1. The molecule has 0 saturated heterocycles. The van der Waals surface area contributed by atoms with Crippen molar-refractivity contribution in [3.05, 3.63) is 80.5 Å². The van der Waals surface area contributed by atoms with Gasteiger partial charge in [0.15, 0.2) is 11.5 Å². The van der Waals surface area contributed by atoms with Crippen LogP contribution in [0.25, 0.3) is 0 Å². The summed E-state index contributed by atoms with van der Waals surface area (Å²) in [5.74, 6) is 1.19. The highest BCUT2D eigenvalue weighted by molar-refractivity contribution is 5.82. The molecular formula is C25H29N5O5. The number of rotatable bonds is 9. The molecule has 0 spiro atoms. The quantitative estimate of drug-likeness (QED) is 0.419. The second-order valence-corrected chi connectivity index (χ2v) is 8.16. The molecule has 0 bridgehead atoms. The summed E-state index contributed by atoms with van der Waals surface area (Å²) in [7, 11) is 0. The zero-order valence-electron chi connectivity index (χ0n) is 19.6. The first kappa shape index (κ1) is 23.9. The Morgan fingerprint density at radius 3 is 2.57 bits per heavy atom. The fourth-order valence-electron chi connectivity index (χ4n) is 3.97. The third-order valence-electron chi connectivity index (χ3n) is 5.77. The monoisotopic (exact) mass is 479 g/mol. The van der Waals surface area contributed by atoms with Crippen LogP contribution < -0.4 is 36.7 Å². The number of nitrogens with two attached hydrogens (primary N) is 1. The van der Waals surface area contributed by atoms with Gasteiger partial charge in [0.1, 0.15) is 24.7 Å². The number of nitrogen functional groups attached to an aromatic ring is 1. The van der Waals surface area contributed by atoms with Crippen LogP contribution >= 0.6 is 0 Å². The van der Waals surface area contributed by atoms with Gasteiger partial charge < -0.3 is 25.4 Å². The summed E-state index contributed by atoms with van der Waals surface area (Å²) in [4.78, 5) is 41.6. The number of likely N-dealkylation sites (N-methyl/N-ethyl adjacent to an activating group) is 1. The number of fused-ring (bicyclic) bond motifs is 1. The average molecular weight is 480 g/mol. The Bertz CT molecular complexity index is 1300. The van der Waals surface area contributed by atoms with Crippen molar-refractivity contribution in [1.29, 1.82) is 0 Å². The number of hydrogen-bond donors (Lipinski definition) is 3. The van der Waals surface area contributed by atoms with E-state index in [9.17, 15) is 14.4 Å². The van der Waals surface area contributed by atoms with Crippen molar-refractivity contribution >= 4 is 17.4 Å². The van der Waals surface area contributed by atoms with Gasteiger partial charge in [-0.1, -0.05) is 36.4 Å². The van der Waals surface area contributed by atoms with E-state index in [0.717, 1.165) is 16.9 Å². The second kappa shape index (κ2) is 10.8. The lowest BCUT2D eigenvalue weighted by Gasteiger charge is -2.24. The van der Waals surface area contributed by atoms with Crippen LogP contribution in [-0.2, 0) is 17.8 Å². The maximum atomic E-state index is 12.7. The van der Waals surface area contributed by atoms with Gasteiger partial charge >= 0.3 is 5.69 Å². The van der Waals surface area contributed by atoms with Gasteiger partial charge in [-0.3, -0.25) is 19.1 Å². The van der Waals surface area contributed by atoms with E-state index in [1.165, 1.54) is 4.57 Å². The number of nitrogens with one attached hydrogen (secondary N) is 2. The van der Waals surface area contributed by atoms with Gasteiger partial charge in [0, 0.05) is 13.1 Å². The highest BCUT2D eigenvalue weighted by Gasteiger charge is 2.20. The minimum Gasteiger partial charge on any atom is -0.486 e. The number of amides is 1. The minimum atomic E-state index is -0.622. The minimum absolute atomic E-state index is 0.0218. The number of carbonyl (C=O) groups excluding carboxylic acids is 1. The van der Waals surface area contributed by atoms with Crippen molar-refractivity contribution in [1.82, 2.24) is 14.9 Å². The van der Waals surface area contributed by atoms with Crippen molar-refractivity contribution in [2.75, 3.05) is 43.5 Å². The molecule has 4 N–H and O–H groups in total. The molecule has 0 fully saturated rings. The zero-order chi connectivity index (χ0) is 24.8. The second-order valence-electron chi connectivity index (χ2n) is 8.16. The van der Waals surface area contributed by atoms with Crippen LogP contribution in [0.5, 0.6) is 11.5 Å². The number of hydrogen-bond acceptors (Lipinski definition) is 7. The van der Waals surface area contributed by atoms with Crippen LogP contribution in [0.4, 0.5) is 11.5 Å². The van der Waals surface area contributed by atoms with E-state index in [-0.39, 0.29) is 30.5 Å². The van der Waals surface area contributed by atoms with E-state index < -0.39 is 11.2 Å². The number of benzene rings is 2. The summed E-state index contributed by atoms with van der Waals surface area (Å²) in [5, 5.41) is 2.88. The number of carbonyl (C=O) groups is 1. The first-order valence-electron chi connectivity index (χ1n) is 11.5. The molecule has 10 heteroatoms. The highest BCUT2D eigenvalue weighted by atomic mass is 16.6. The fourth-order valence-corrected chi connectivity index (χ4v) is 3.97. The van der Waals surface area contributed by atoms with Crippen molar-refractivity contribution in [3.8, 4) is 11.5 Å². The molecule has 3 aromatic rings. The number of nitrogens with zero attached hydrogens (tertiary/aromatic N) is 2. The summed E-state index contributed by atoms with van der Waals surface area (Å²) >= 11 is 0. The SMILES string of the molecule is CCN(CC(=O)NCCc1ccc2c(c1)OCCO2)c1c(N)n(Cc2ccccc2)c(=O)[nH]c1=O. The maximum Gasteiger partial charge on any atom is 0.330 e. The normalized spacial score (nSPS) is 12.3. The summed E-state index contributed by atoms with van der Waals surface area (Å²) < 4.78 is 12.4. The Hall–Kier alpha value is -4.21. The average Bonchev–Trinajstić information content (AvgIpc) is 2.86. The number of H-pyrrole nitrogens is 1. The molecular weight excluding hydrogens is 450 g/mol. The van der Waals surface area contributed by atoms with E-state index in [1.54, 1.807) is 4.90 Å². The molecule has 1 aromatic heterocycles. The van der Waals surface area contributed by atoms with Crippen LogP contribution in [0.3, 0.4) is 0 Å². The van der Waals surface area contributed by atoms with Crippen molar-refractivity contribution in [2.45, 2.75) is 19.9 Å². The summed E-state index contributed by atoms with van der Waals surface area (Å²) in [6.07, 6.45) is 0.610. The predicted molar refractivity (Wildman–Crippen MR) is 133 cm³/mol. The topological polar surface area (TPSA) is 132 Å². The van der Waals surface area contributed by atoms with E-state index in [1.807, 2.05) is 55.5 Å². The Labute approximate surface area is 202 Å². The van der Waals surface area contributed by atoms with Crippen molar-refractivity contribution in [3.63, 3.8) is 0 Å². The number of anilines is 2. The van der Waals surface area contributed by atoms with Gasteiger partial charge in [-0.15, -0.1) is 0 Å². The first-order valence-corrected chi connectivity index (χ1v) is 11.5. The van der Waals surface area contributed by atoms with E-state index in [2.05, 4.69) is 10.3 Å². The molecule has 0 aliphatic carbocycles. The molecule has 0 saturated carbocycles. The molecule has 35 heavy (non-hydrogen) atoms. The Morgan fingerprint density at radius 2 is 1.83 bits per heavy atom. The smallest absolute Gasteiger partial charge is 0.330 e. The molecule has 0 atom stereocenters. The Kier molecular flexibility index (Phi) is 7.39. The fraction of sp³-hybridized carbons (Fsp3) is 0.320. The lowest BCUT2D eigenvalue weighted by Crippen LogP contribution is -2.43. The molecule has 184 valence electrons. The Balaban J connectivity index is 1.42. The molecule has 2 heterocycles. The molecule has 0 radical (unpaired) electrons. The van der Waals surface area contributed by atoms with E-state index in [0.29, 0.717) is 38.5 Å². The standard InChI is InChI=1S/C25H29N5O5/c1-2-29(16-21(31)27-11-10-17-8-9-19-20(14-17)35-13-12-34-19)22-23(26)30(25(33)28-24(22)32)15-18-6-4-3-5-7-18/h3-9,14H,2,10-13,15-16,26H2,1H3,(H,27,31)(H,28,32,33).